The molecule has 0 radical (unpaired) electrons. The summed E-state index contributed by atoms with van der Waals surface area (Å²) in [4.78, 5) is 8.56. The average Bonchev–Trinajstić information content (AvgIpc) is 3.26. The lowest BCUT2D eigenvalue weighted by molar-refractivity contribution is 0.463. The third kappa shape index (κ3) is 3.81. The van der Waals surface area contributed by atoms with Crippen LogP contribution in [0.1, 0.15) is 18.4 Å². The molecule has 3 rings (SSSR count). The third-order valence-corrected chi connectivity index (χ3v) is 3.31. The van der Waals surface area contributed by atoms with E-state index in [4.69, 9.17) is 16.3 Å². The Morgan fingerprint density at radius 3 is 2.95 bits per heavy atom. The van der Waals surface area contributed by atoms with E-state index in [1.165, 1.54) is 12.8 Å². The largest absolute Gasteiger partial charge is 0.439 e. The van der Waals surface area contributed by atoms with E-state index in [9.17, 15) is 0 Å². The number of ether oxygens (including phenoxy) is 1. The van der Waals surface area contributed by atoms with Crippen molar-refractivity contribution in [3.05, 3.63) is 53.2 Å². The van der Waals surface area contributed by atoms with Crippen LogP contribution in [0.25, 0.3) is 0 Å². The minimum absolute atomic E-state index is 0.529. The van der Waals surface area contributed by atoms with Crippen LogP contribution in [-0.4, -0.2) is 17.7 Å². The highest BCUT2D eigenvalue weighted by Gasteiger charge is 2.19. The lowest BCUT2D eigenvalue weighted by Gasteiger charge is -2.05. The summed E-state index contributed by atoms with van der Waals surface area (Å²) in [6.45, 7) is 0.934. The van der Waals surface area contributed by atoms with Crippen LogP contribution in [0.5, 0.6) is 11.6 Å². The lowest BCUT2D eigenvalue weighted by Crippen LogP contribution is -1.90. The summed E-state index contributed by atoms with van der Waals surface area (Å²) in [5, 5.41) is 0.596. The van der Waals surface area contributed by atoms with Crippen LogP contribution in [0.3, 0.4) is 0 Å². The number of aliphatic imine (C=N–C) groups is 1. The molecule has 2 aromatic rings. The predicted molar refractivity (Wildman–Crippen MR) is 80.9 cm³/mol. The fourth-order valence-corrected chi connectivity index (χ4v) is 1.92. The molecule has 1 fully saturated rings. The van der Waals surface area contributed by atoms with Crippen molar-refractivity contribution in [1.29, 1.82) is 0 Å². The first kappa shape index (κ1) is 13.1. The Balaban J connectivity index is 1.66. The summed E-state index contributed by atoms with van der Waals surface area (Å²) in [6.07, 6.45) is 6.11. The first-order valence-electron chi connectivity index (χ1n) is 6.69. The molecular weight excluding hydrogens is 272 g/mol. The van der Waals surface area contributed by atoms with Crippen molar-refractivity contribution >= 4 is 17.8 Å². The monoisotopic (exact) mass is 286 g/mol. The van der Waals surface area contributed by atoms with Gasteiger partial charge in [0.15, 0.2) is 0 Å². The van der Waals surface area contributed by atoms with Gasteiger partial charge in [-0.05, 0) is 42.5 Å². The highest BCUT2D eigenvalue weighted by atomic mass is 35.5. The van der Waals surface area contributed by atoms with Crippen LogP contribution in [0.4, 0.5) is 0 Å². The number of hydrogen-bond acceptors (Lipinski definition) is 3. The van der Waals surface area contributed by atoms with Crippen molar-refractivity contribution < 1.29 is 4.74 Å². The molecule has 0 spiro atoms. The highest BCUT2D eigenvalue weighted by molar-refractivity contribution is 6.30. The van der Waals surface area contributed by atoms with E-state index < -0.39 is 0 Å². The second-order valence-corrected chi connectivity index (χ2v) is 5.36. The predicted octanol–water partition coefficient (Wildman–Crippen LogP) is 4.36. The van der Waals surface area contributed by atoms with Crippen LogP contribution >= 0.6 is 11.6 Å². The van der Waals surface area contributed by atoms with E-state index >= 15 is 0 Å². The van der Waals surface area contributed by atoms with E-state index in [0.29, 0.717) is 10.9 Å². The van der Waals surface area contributed by atoms with Gasteiger partial charge in [-0.3, -0.25) is 4.99 Å². The zero-order valence-electron chi connectivity index (χ0n) is 11.0. The molecule has 1 aromatic heterocycles. The van der Waals surface area contributed by atoms with E-state index in [0.717, 1.165) is 23.8 Å². The summed E-state index contributed by atoms with van der Waals surface area (Å²) in [5.41, 5.74) is 1.04. The molecule has 4 heteroatoms. The summed E-state index contributed by atoms with van der Waals surface area (Å²) >= 11 is 5.79. The molecule has 0 bridgehead atoms. The van der Waals surface area contributed by atoms with Crippen molar-refractivity contribution in [3.63, 3.8) is 0 Å². The highest BCUT2D eigenvalue weighted by Crippen LogP contribution is 2.28. The smallest absolute Gasteiger partial charge is 0.219 e. The van der Waals surface area contributed by atoms with Gasteiger partial charge < -0.3 is 4.74 Å². The molecule has 20 heavy (non-hydrogen) atoms. The molecule has 0 amide bonds. The maximum Gasteiger partial charge on any atom is 0.219 e. The van der Waals surface area contributed by atoms with Crippen LogP contribution in [0, 0.1) is 5.92 Å². The Labute approximate surface area is 123 Å². The van der Waals surface area contributed by atoms with E-state index in [1.54, 1.807) is 18.3 Å². The Morgan fingerprint density at radius 1 is 1.30 bits per heavy atom. The number of rotatable bonds is 5. The molecule has 1 aliphatic rings. The van der Waals surface area contributed by atoms with Gasteiger partial charge in [0.2, 0.25) is 5.88 Å². The Morgan fingerprint density at radius 2 is 2.20 bits per heavy atom. The molecule has 1 saturated carbocycles. The van der Waals surface area contributed by atoms with E-state index in [-0.39, 0.29) is 0 Å². The summed E-state index contributed by atoms with van der Waals surface area (Å²) in [7, 11) is 0. The SMILES string of the molecule is Clc1ccc(Oc2cccc(/C=N/CC3CC3)c2)nc1. The molecule has 3 nitrogen and oxygen atoms in total. The van der Waals surface area contributed by atoms with Gasteiger partial charge in [-0.2, -0.15) is 0 Å². The molecule has 1 aliphatic carbocycles. The van der Waals surface area contributed by atoms with Crippen molar-refractivity contribution in [2.75, 3.05) is 6.54 Å². The number of nitrogens with zero attached hydrogens (tertiary/aromatic N) is 2. The average molecular weight is 287 g/mol. The van der Waals surface area contributed by atoms with Crippen molar-refractivity contribution in [1.82, 2.24) is 4.98 Å². The molecule has 0 N–H and O–H groups in total. The maximum atomic E-state index is 5.79. The molecule has 1 aromatic carbocycles. The maximum absolute atomic E-state index is 5.79. The number of halogens is 1. The molecule has 0 atom stereocenters. The normalized spacial score (nSPS) is 14.7. The van der Waals surface area contributed by atoms with Crippen LogP contribution in [-0.2, 0) is 0 Å². The first-order chi connectivity index (χ1) is 9.79. The van der Waals surface area contributed by atoms with Crippen molar-refractivity contribution in [3.8, 4) is 11.6 Å². The van der Waals surface area contributed by atoms with Gasteiger partial charge >= 0.3 is 0 Å². The molecule has 1 heterocycles. The molecule has 102 valence electrons. The minimum atomic E-state index is 0.529. The van der Waals surface area contributed by atoms with Gasteiger partial charge in [-0.1, -0.05) is 23.7 Å². The van der Waals surface area contributed by atoms with Crippen molar-refractivity contribution in [2.45, 2.75) is 12.8 Å². The fourth-order valence-electron chi connectivity index (χ4n) is 1.81. The lowest BCUT2D eigenvalue weighted by atomic mass is 10.2. The Kier molecular flexibility index (Phi) is 3.97. The van der Waals surface area contributed by atoms with Gasteiger partial charge in [0.05, 0.1) is 5.02 Å². The van der Waals surface area contributed by atoms with Crippen LogP contribution in [0.15, 0.2) is 47.6 Å². The quantitative estimate of drug-likeness (QED) is 0.766. The molecule has 0 aliphatic heterocycles. The Hall–Kier alpha value is -1.87. The summed E-state index contributed by atoms with van der Waals surface area (Å²) < 4.78 is 5.68. The van der Waals surface area contributed by atoms with Gasteiger partial charge in [0.25, 0.3) is 0 Å². The zero-order valence-corrected chi connectivity index (χ0v) is 11.8. The fraction of sp³-hybridized carbons (Fsp3) is 0.250. The van der Waals surface area contributed by atoms with Crippen molar-refractivity contribution in [2.24, 2.45) is 10.9 Å². The third-order valence-electron chi connectivity index (χ3n) is 3.08. The van der Waals surface area contributed by atoms with E-state index in [2.05, 4.69) is 9.98 Å². The topological polar surface area (TPSA) is 34.5 Å². The standard InChI is InChI=1S/C16H15ClN2O/c17-14-6-7-16(19-11-14)20-15-3-1-2-13(8-15)10-18-9-12-4-5-12/h1-3,6-8,10-12H,4-5,9H2/b18-10+. The first-order valence-corrected chi connectivity index (χ1v) is 7.07. The number of hydrogen-bond donors (Lipinski definition) is 0. The number of aromatic nitrogens is 1. The second kappa shape index (κ2) is 6.06. The number of benzene rings is 1. The minimum Gasteiger partial charge on any atom is -0.439 e. The van der Waals surface area contributed by atoms with Gasteiger partial charge in [0, 0.05) is 25.0 Å². The number of pyridine rings is 1. The van der Waals surface area contributed by atoms with Crippen LogP contribution < -0.4 is 4.74 Å². The summed E-state index contributed by atoms with van der Waals surface area (Å²) in [6, 6.07) is 11.3. The molecule has 0 unspecified atom stereocenters. The van der Waals surface area contributed by atoms with Gasteiger partial charge in [-0.15, -0.1) is 0 Å². The molecular formula is C16H15ClN2O. The Bertz CT molecular complexity index is 606. The second-order valence-electron chi connectivity index (χ2n) is 4.93. The summed E-state index contributed by atoms with van der Waals surface area (Å²) in [5.74, 6) is 2.08. The molecule has 0 saturated heterocycles. The van der Waals surface area contributed by atoms with Gasteiger partial charge in [-0.25, -0.2) is 4.98 Å². The van der Waals surface area contributed by atoms with E-state index in [1.807, 2.05) is 30.5 Å². The zero-order chi connectivity index (χ0) is 13.8. The van der Waals surface area contributed by atoms with Crippen LogP contribution in [0.2, 0.25) is 5.02 Å². The van der Waals surface area contributed by atoms with Gasteiger partial charge in [0.1, 0.15) is 5.75 Å².